The largest absolute Gasteiger partial charge is 0.481 e. The number of nitrogens with one attached hydrogen (secondary N) is 1. The Morgan fingerprint density at radius 3 is 2.60 bits per heavy atom. The molecule has 3 rings (SSSR count). The van der Waals surface area contributed by atoms with Crippen molar-refractivity contribution in [1.29, 1.82) is 0 Å². The van der Waals surface area contributed by atoms with Gasteiger partial charge in [-0.2, -0.15) is 4.98 Å². The molecule has 0 saturated heterocycles. The van der Waals surface area contributed by atoms with Crippen molar-refractivity contribution in [2.75, 3.05) is 5.32 Å². The summed E-state index contributed by atoms with van der Waals surface area (Å²) in [5.41, 5.74) is 3.07. The zero-order valence-corrected chi connectivity index (χ0v) is 14.3. The Bertz CT molecular complexity index is 875. The monoisotopic (exact) mass is 337 g/mol. The molecule has 0 aliphatic carbocycles. The van der Waals surface area contributed by atoms with Gasteiger partial charge in [-0.15, -0.1) is 0 Å². The predicted octanol–water partition coefficient (Wildman–Crippen LogP) is 3.76. The summed E-state index contributed by atoms with van der Waals surface area (Å²) in [6, 6.07) is 15.0. The predicted molar refractivity (Wildman–Crippen MR) is 94.4 cm³/mol. The normalized spacial score (nSPS) is 11.8. The second-order valence-electron chi connectivity index (χ2n) is 5.78. The van der Waals surface area contributed by atoms with Crippen LogP contribution >= 0.6 is 0 Å². The Balaban J connectivity index is 1.63. The minimum absolute atomic E-state index is 0.111. The van der Waals surface area contributed by atoms with E-state index in [-0.39, 0.29) is 11.9 Å². The Labute approximate surface area is 145 Å². The van der Waals surface area contributed by atoms with Gasteiger partial charge >= 0.3 is 0 Å². The van der Waals surface area contributed by atoms with Gasteiger partial charge < -0.3 is 9.26 Å². The van der Waals surface area contributed by atoms with Crippen LogP contribution in [0, 0.1) is 13.8 Å². The van der Waals surface area contributed by atoms with Crippen LogP contribution < -0.4 is 10.1 Å². The molecule has 0 saturated carbocycles. The van der Waals surface area contributed by atoms with Crippen molar-refractivity contribution in [2.24, 2.45) is 0 Å². The smallest absolute Gasteiger partial charge is 0.270 e. The van der Waals surface area contributed by atoms with E-state index in [4.69, 9.17) is 9.26 Å². The van der Waals surface area contributed by atoms with Gasteiger partial charge in [0.25, 0.3) is 17.7 Å². The third-order valence-corrected chi connectivity index (χ3v) is 3.84. The molecule has 6 heteroatoms. The minimum Gasteiger partial charge on any atom is -0.481 e. The van der Waals surface area contributed by atoms with Gasteiger partial charge in [0.2, 0.25) is 0 Å². The number of hydrogen-bond acceptors (Lipinski definition) is 5. The Hall–Kier alpha value is -3.15. The summed E-state index contributed by atoms with van der Waals surface area (Å²) >= 11 is 0. The maximum absolute atomic E-state index is 12.3. The van der Waals surface area contributed by atoms with Crippen molar-refractivity contribution >= 4 is 11.9 Å². The van der Waals surface area contributed by atoms with E-state index >= 15 is 0 Å². The number of aryl methyl sites for hydroxylation is 2. The van der Waals surface area contributed by atoms with Crippen LogP contribution in [0.5, 0.6) is 5.75 Å². The van der Waals surface area contributed by atoms with Crippen molar-refractivity contribution < 1.29 is 14.1 Å². The second-order valence-corrected chi connectivity index (χ2v) is 5.78. The molecule has 128 valence electrons. The molecule has 0 fully saturated rings. The minimum atomic E-state index is -0.694. The fourth-order valence-corrected chi connectivity index (χ4v) is 2.23. The fourth-order valence-electron chi connectivity index (χ4n) is 2.23. The van der Waals surface area contributed by atoms with E-state index in [9.17, 15) is 4.79 Å². The lowest BCUT2D eigenvalue weighted by molar-refractivity contribution is -0.122. The molecule has 25 heavy (non-hydrogen) atoms. The van der Waals surface area contributed by atoms with Gasteiger partial charge in [-0.05, 0) is 61.3 Å². The maximum Gasteiger partial charge on any atom is 0.270 e. The first kappa shape index (κ1) is 16.7. The molecular weight excluding hydrogens is 318 g/mol. The van der Waals surface area contributed by atoms with Gasteiger partial charge in [0.15, 0.2) is 6.10 Å². The van der Waals surface area contributed by atoms with E-state index in [1.54, 1.807) is 6.92 Å². The molecule has 6 nitrogen and oxygen atoms in total. The van der Waals surface area contributed by atoms with E-state index in [1.165, 1.54) is 5.56 Å². The number of carbonyl (C=O) groups is 1. The Kier molecular flexibility index (Phi) is 4.79. The Morgan fingerprint density at radius 2 is 1.88 bits per heavy atom. The van der Waals surface area contributed by atoms with E-state index in [1.807, 2.05) is 62.4 Å². The van der Waals surface area contributed by atoms with Crippen molar-refractivity contribution in [1.82, 2.24) is 10.1 Å². The highest BCUT2D eigenvalue weighted by molar-refractivity contribution is 5.92. The molecule has 0 bridgehead atoms. The SMILES string of the molecule is Cc1ccc(O[C@H](C)C(=O)Nc2noc(-c3ccccc3)n2)cc1C. The van der Waals surface area contributed by atoms with Crippen LogP contribution in [-0.2, 0) is 4.79 Å². The highest BCUT2D eigenvalue weighted by Gasteiger charge is 2.18. The first-order valence-corrected chi connectivity index (χ1v) is 7.97. The third kappa shape index (κ3) is 4.03. The van der Waals surface area contributed by atoms with E-state index in [2.05, 4.69) is 15.5 Å². The molecule has 1 amide bonds. The van der Waals surface area contributed by atoms with Gasteiger partial charge in [-0.25, -0.2) is 0 Å². The number of ether oxygens (including phenoxy) is 1. The number of rotatable bonds is 5. The highest BCUT2D eigenvalue weighted by Crippen LogP contribution is 2.19. The summed E-state index contributed by atoms with van der Waals surface area (Å²) in [6.45, 7) is 5.69. The summed E-state index contributed by atoms with van der Waals surface area (Å²) in [5.74, 6) is 0.750. The number of amides is 1. The summed E-state index contributed by atoms with van der Waals surface area (Å²) in [6.07, 6.45) is -0.694. The molecule has 0 spiro atoms. The van der Waals surface area contributed by atoms with Crippen LogP contribution in [0.4, 0.5) is 5.95 Å². The second kappa shape index (κ2) is 7.17. The molecule has 0 aliphatic heterocycles. The number of nitrogens with zero attached hydrogens (tertiary/aromatic N) is 2. The first-order chi connectivity index (χ1) is 12.0. The zero-order chi connectivity index (χ0) is 17.8. The summed E-state index contributed by atoms with van der Waals surface area (Å²) in [5, 5.41) is 6.37. The lowest BCUT2D eigenvalue weighted by Gasteiger charge is -2.14. The fraction of sp³-hybridized carbons (Fsp3) is 0.211. The number of aromatic nitrogens is 2. The number of carbonyl (C=O) groups excluding carboxylic acids is 1. The van der Waals surface area contributed by atoms with Gasteiger partial charge in [0.1, 0.15) is 5.75 Å². The third-order valence-electron chi connectivity index (χ3n) is 3.84. The molecule has 1 heterocycles. The number of anilines is 1. The molecule has 1 N–H and O–H groups in total. The number of hydrogen-bond donors (Lipinski definition) is 1. The molecular formula is C19H19N3O3. The molecule has 0 radical (unpaired) electrons. The maximum atomic E-state index is 12.3. The van der Waals surface area contributed by atoms with Crippen molar-refractivity contribution in [3.63, 3.8) is 0 Å². The highest BCUT2D eigenvalue weighted by atomic mass is 16.5. The summed E-state index contributed by atoms with van der Waals surface area (Å²) in [4.78, 5) is 16.4. The molecule has 0 unspecified atom stereocenters. The topological polar surface area (TPSA) is 77.2 Å². The quantitative estimate of drug-likeness (QED) is 0.767. The van der Waals surface area contributed by atoms with Gasteiger partial charge in [-0.3, -0.25) is 10.1 Å². The van der Waals surface area contributed by atoms with Crippen molar-refractivity contribution in [3.05, 3.63) is 59.7 Å². The van der Waals surface area contributed by atoms with Crippen LogP contribution in [-0.4, -0.2) is 22.2 Å². The first-order valence-electron chi connectivity index (χ1n) is 7.97. The van der Waals surface area contributed by atoms with Crippen molar-refractivity contribution in [3.8, 4) is 17.2 Å². The summed E-state index contributed by atoms with van der Waals surface area (Å²) < 4.78 is 10.8. The lowest BCUT2D eigenvalue weighted by Crippen LogP contribution is -2.30. The molecule has 3 aromatic rings. The van der Waals surface area contributed by atoms with Crippen LogP contribution in [0.2, 0.25) is 0 Å². The molecule has 1 aromatic heterocycles. The van der Waals surface area contributed by atoms with Gasteiger partial charge in [-0.1, -0.05) is 24.3 Å². The average Bonchev–Trinajstić information content (AvgIpc) is 3.07. The van der Waals surface area contributed by atoms with Crippen LogP contribution in [0.3, 0.4) is 0 Å². The van der Waals surface area contributed by atoms with Crippen molar-refractivity contribution in [2.45, 2.75) is 26.9 Å². The summed E-state index contributed by atoms with van der Waals surface area (Å²) in [7, 11) is 0. The molecule has 2 aromatic carbocycles. The van der Waals surface area contributed by atoms with Gasteiger partial charge in [0, 0.05) is 5.56 Å². The molecule has 0 aliphatic rings. The lowest BCUT2D eigenvalue weighted by atomic mass is 10.1. The van der Waals surface area contributed by atoms with E-state index < -0.39 is 6.10 Å². The standard InChI is InChI=1S/C19H19N3O3/c1-12-9-10-16(11-13(12)2)24-14(3)17(23)20-19-21-18(25-22-19)15-7-5-4-6-8-15/h4-11,14H,1-3H3,(H,20,22,23)/t14-/m1/s1. The average molecular weight is 337 g/mol. The van der Waals surface area contributed by atoms with E-state index in [0.717, 1.165) is 11.1 Å². The number of benzene rings is 2. The Morgan fingerprint density at radius 1 is 1.12 bits per heavy atom. The zero-order valence-electron chi connectivity index (χ0n) is 14.3. The van der Waals surface area contributed by atoms with Gasteiger partial charge in [0.05, 0.1) is 0 Å². The molecule has 1 atom stereocenters. The van der Waals surface area contributed by atoms with E-state index in [0.29, 0.717) is 11.6 Å². The van der Waals surface area contributed by atoms with Crippen LogP contribution in [0.25, 0.3) is 11.5 Å². The van der Waals surface area contributed by atoms with Crippen LogP contribution in [0.1, 0.15) is 18.1 Å². The van der Waals surface area contributed by atoms with Crippen LogP contribution in [0.15, 0.2) is 53.1 Å².